The Balaban J connectivity index is 1.88. The summed E-state index contributed by atoms with van der Waals surface area (Å²) in [5.41, 5.74) is 1.94. The van der Waals surface area contributed by atoms with Crippen LogP contribution in [0.15, 0.2) is 30.3 Å². The number of hydrogen-bond acceptors (Lipinski definition) is 3. The van der Waals surface area contributed by atoms with Crippen molar-refractivity contribution in [1.82, 2.24) is 0 Å². The molecule has 0 saturated heterocycles. The number of halogens is 2. The molecule has 3 rings (SSSR count). The van der Waals surface area contributed by atoms with Crippen LogP contribution >= 0.6 is 11.6 Å². The van der Waals surface area contributed by atoms with Crippen LogP contribution in [-0.2, 0) is 13.0 Å². The Bertz CT molecular complexity index is 700. The first-order valence-electron chi connectivity index (χ1n) is 6.49. The number of carbonyl (C=O) groups excluding carboxylic acids is 1. The van der Waals surface area contributed by atoms with Crippen LogP contribution in [0.3, 0.4) is 0 Å². The highest BCUT2D eigenvalue weighted by Crippen LogP contribution is 2.34. The van der Waals surface area contributed by atoms with E-state index in [1.165, 1.54) is 18.2 Å². The molecule has 1 aliphatic heterocycles. The third-order valence-electron chi connectivity index (χ3n) is 3.32. The Morgan fingerprint density at radius 3 is 3.05 bits per heavy atom. The van der Waals surface area contributed by atoms with Crippen molar-refractivity contribution in [3.63, 3.8) is 0 Å². The van der Waals surface area contributed by atoms with Crippen molar-refractivity contribution in [1.29, 1.82) is 0 Å². The Morgan fingerprint density at radius 1 is 1.38 bits per heavy atom. The first-order valence-corrected chi connectivity index (χ1v) is 6.87. The van der Waals surface area contributed by atoms with E-state index in [1.807, 2.05) is 6.07 Å². The van der Waals surface area contributed by atoms with E-state index in [0.717, 1.165) is 23.3 Å². The highest BCUT2D eigenvalue weighted by atomic mass is 35.5. The molecule has 1 aliphatic rings. The Hall–Kier alpha value is -2.07. The molecule has 0 atom stereocenters. The van der Waals surface area contributed by atoms with Gasteiger partial charge in [-0.15, -0.1) is 0 Å². The molecule has 0 bridgehead atoms. The number of para-hydroxylation sites is 1. The number of benzene rings is 2. The van der Waals surface area contributed by atoms with Crippen molar-refractivity contribution >= 4 is 17.9 Å². The molecule has 21 heavy (non-hydrogen) atoms. The standard InChI is InChI=1S/C16H12ClFO3/c17-13-6-10-4-5-20-15(10)12(7-13)9-21-16-11(8-19)2-1-3-14(16)18/h1-3,6-8H,4-5,9H2. The minimum absolute atomic E-state index is 0.0563. The number of ether oxygens (including phenoxy) is 2. The maximum absolute atomic E-state index is 13.8. The van der Waals surface area contributed by atoms with E-state index >= 15 is 0 Å². The second-order valence-corrected chi connectivity index (χ2v) is 5.15. The second-order valence-electron chi connectivity index (χ2n) is 4.72. The van der Waals surface area contributed by atoms with Crippen molar-refractivity contribution in [2.45, 2.75) is 13.0 Å². The van der Waals surface area contributed by atoms with Crippen LogP contribution in [0.25, 0.3) is 0 Å². The maximum atomic E-state index is 13.8. The molecule has 3 nitrogen and oxygen atoms in total. The molecule has 0 radical (unpaired) electrons. The van der Waals surface area contributed by atoms with Gasteiger partial charge in [0.1, 0.15) is 12.4 Å². The van der Waals surface area contributed by atoms with Gasteiger partial charge in [0.25, 0.3) is 0 Å². The molecule has 0 aromatic heterocycles. The van der Waals surface area contributed by atoms with E-state index in [0.29, 0.717) is 17.9 Å². The van der Waals surface area contributed by atoms with Gasteiger partial charge in [0.05, 0.1) is 12.2 Å². The van der Waals surface area contributed by atoms with Gasteiger partial charge in [-0.1, -0.05) is 17.7 Å². The molecule has 2 aromatic rings. The molecule has 0 N–H and O–H groups in total. The molecule has 0 saturated carbocycles. The predicted octanol–water partition coefficient (Wildman–Crippen LogP) is 3.81. The van der Waals surface area contributed by atoms with Crippen LogP contribution in [-0.4, -0.2) is 12.9 Å². The van der Waals surface area contributed by atoms with E-state index in [1.54, 1.807) is 6.07 Å². The van der Waals surface area contributed by atoms with E-state index in [-0.39, 0.29) is 17.9 Å². The van der Waals surface area contributed by atoms with Crippen molar-refractivity contribution in [3.8, 4) is 11.5 Å². The fourth-order valence-corrected chi connectivity index (χ4v) is 2.64. The van der Waals surface area contributed by atoms with Gasteiger partial charge in [-0.05, 0) is 29.8 Å². The lowest BCUT2D eigenvalue weighted by Gasteiger charge is -2.12. The molecule has 108 valence electrons. The van der Waals surface area contributed by atoms with Crippen molar-refractivity contribution < 1.29 is 18.7 Å². The molecule has 0 spiro atoms. The Kier molecular flexibility index (Phi) is 3.80. The molecular formula is C16H12ClFO3. The zero-order chi connectivity index (χ0) is 14.8. The number of aldehydes is 1. The summed E-state index contributed by atoms with van der Waals surface area (Å²) in [5, 5.41) is 0.585. The van der Waals surface area contributed by atoms with E-state index in [9.17, 15) is 9.18 Å². The Labute approximate surface area is 126 Å². The summed E-state index contributed by atoms with van der Waals surface area (Å²) >= 11 is 6.06. The first kappa shape index (κ1) is 13.9. The molecule has 0 unspecified atom stereocenters. The monoisotopic (exact) mass is 306 g/mol. The molecule has 0 amide bonds. The van der Waals surface area contributed by atoms with E-state index in [4.69, 9.17) is 21.1 Å². The third-order valence-corrected chi connectivity index (χ3v) is 3.54. The minimum Gasteiger partial charge on any atom is -0.493 e. The van der Waals surface area contributed by atoms with Gasteiger partial charge in [0.2, 0.25) is 0 Å². The van der Waals surface area contributed by atoms with Gasteiger partial charge in [0.15, 0.2) is 17.9 Å². The van der Waals surface area contributed by atoms with Crippen LogP contribution in [0.4, 0.5) is 4.39 Å². The number of carbonyl (C=O) groups is 1. The van der Waals surface area contributed by atoms with E-state index in [2.05, 4.69) is 0 Å². The van der Waals surface area contributed by atoms with Gasteiger partial charge in [-0.3, -0.25) is 4.79 Å². The van der Waals surface area contributed by atoms with Gasteiger partial charge in [0, 0.05) is 17.0 Å². The minimum atomic E-state index is -0.570. The quantitative estimate of drug-likeness (QED) is 0.806. The highest BCUT2D eigenvalue weighted by molar-refractivity contribution is 6.30. The lowest BCUT2D eigenvalue weighted by Crippen LogP contribution is -2.02. The van der Waals surface area contributed by atoms with Crippen LogP contribution in [0.2, 0.25) is 5.02 Å². The number of hydrogen-bond donors (Lipinski definition) is 0. The van der Waals surface area contributed by atoms with Crippen molar-refractivity contribution in [2.24, 2.45) is 0 Å². The van der Waals surface area contributed by atoms with Crippen molar-refractivity contribution in [2.75, 3.05) is 6.61 Å². The summed E-state index contributed by atoms with van der Waals surface area (Å²) in [6.45, 7) is 0.687. The SMILES string of the molecule is O=Cc1cccc(F)c1OCc1cc(Cl)cc2c1OCC2. The average molecular weight is 307 g/mol. The average Bonchev–Trinajstić information content (AvgIpc) is 2.93. The second kappa shape index (κ2) is 5.74. The Morgan fingerprint density at radius 2 is 2.24 bits per heavy atom. The lowest BCUT2D eigenvalue weighted by molar-refractivity contribution is 0.111. The molecule has 1 heterocycles. The first-order chi connectivity index (χ1) is 10.2. The molecule has 0 fully saturated rings. The molecule has 0 aliphatic carbocycles. The van der Waals surface area contributed by atoms with Crippen LogP contribution in [0, 0.1) is 5.82 Å². The smallest absolute Gasteiger partial charge is 0.165 e. The summed E-state index contributed by atoms with van der Waals surface area (Å²) in [7, 11) is 0. The fourth-order valence-electron chi connectivity index (χ4n) is 2.37. The van der Waals surface area contributed by atoms with Crippen LogP contribution in [0.1, 0.15) is 21.5 Å². The maximum Gasteiger partial charge on any atom is 0.165 e. The molecule has 5 heteroatoms. The van der Waals surface area contributed by atoms with Crippen LogP contribution in [0.5, 0.6) is 11.5 Å². The third kappa shape index (κ3) is 2.72. The van der Waals surface area contributed by atoms with Gasteiger partial charge >= 0.3 is 0 Å². The lowest BCUT2D eigenvalue weighted by atomic mass is 10.1. The van der Waals surface area contributed by atoms with Gasteiger partial charge < -0.3 is 9.47 Å². The zero-order valence-corrected chi connectivity index (χ0v) is 11.8. The summed E-state index contributed by atoms with van der Waals surface area (Å²) in [6, 6.07) is 7.80. The van der Waals surface area contributed by atoms with Crippen LogP contribution < -0.4 is 9.47 Å². The largest absolute Gasteiger partial charge is 0.493 e. The molecule has 2 aromatic carbocycles. The fraction of sp³-hybridized carbons (Fsp3) is 0.188. The van der Waals surface area contributed by atoms with E-state index < -0.39 is 5.82 Å². The van der Waals surface area contributed by atoms with Gasteiger partial charge in [-0.2, -0.15) is 0 Å². The summed E-state index contributed by atoms with van der Waals surface area (Å²) < 4.78 is 24.8. The normalized spacial score (nSPS) is 12.7. The summed E-state index contributed by atoms with van der Waals surface area (Å²) in [4.78, 5) is 10.9. The number of fused-ring (bicyclic) bond motifs is 1. The zero-order valence-electron chi connectivity index (χ0n) is 11.1. The summed E-state index contributed by atoms with van der Waals surface area (Å²) in [5.74, 6) is 0.113. The molecular weight excluding hydrogens is 295 g/mol. The predicted molar refractivity (Wildman–Crippen MR) is 76.8 cm³/mol. The topological polar surface area (TPSA) is 35.5 Å². The summed E-state index contributed by atoms with van der Waals surface area (Å²) in [6.07, 6.45) is 1.36. The van der Waals surface area contributed by atoms with Gasteiger partial charge in [-0.25, -0.2) is 4.39 Å². The highest BCUT2D eigenvalue weighted by Gasteiger charge is 2.19. The van der Waals surface area contributed by atoms with Crippen molar-refractivity contribution in [3.05, 3.63) is 57.9 Å². The number of rotatable bonds is 4.